The second-order valence-corrected chi connectivity index (χ2v) is 9.88. The third-order valence-electron chi connectivity index (χ3n) is 6.48. The van der Waals surface area contributed by atoms with Crippen LogP contribution in [0.5, 0.6) is 5.75 Å². The van der Waals surface area contributed by atoms with E-state index in [9.17, 15) is 31.2 Å². The molecule has 4 heterocycles. The number of carbonyl (C=O) groups is 1. The lowest BCUT2D eigenvalue weighted by Crippen LogP contribution is -2.42. The number of nitrogens with zero attached hydrogens (tertiary/aromatic N) is 2. The summed E-state index contributed by atoms with van der Waals surface area (Å²) < 4.78 is 74.3. The number of cyclic esters (lactones) is 1. The maximum absolute atomic E-state index is 13.3. The molecule has 5 rings (SSSR count). The zero-order valence-electron chi connectivity index (χ0n) is 17.9. The molecule has 0 saturated carbocycles. The van der Waals surface area contributed by atoms with E-state index in [2.05, 4.69) is 9.17 Å². The molecule has 0 bridgehead atoms. The molecular weight excluding hydrogens is 477 g/mol. The molecule has 0 fully saturated rings. The number of esters is 1. The summed E-state index contributed by atoms with van der Waals surface area (Å²) in [5.74, 6) is -1.03. The molecule has 2 aromatic heterocycles. The van der Waals surface area contributed by atoms with Gasteiger partial charge >= 0.3 is 21.6 Å². The van der Waals surface area contributed by atoms with E-state index in [1.54, 1.807) is 26.0 Å². The second-order valence-electron chi connectivity index (χ2n) is 8.34. The topological polar surface area (TPSA) is 105 Å². The highest BCUT2D eigenvalue weighted by Gasteiger charge is 2.49. The van der Waals surface area contributed by atoms with E-state index in [1.165, 1.54) is 22.8 Å². The molecule has 0 aliphatic carbocycles. The first kappa shape index (κ1) is 22.4. The summed E-state index contributed by atoms with van der Waals surface area (Å²) in [5, 5.41) is 0.0524. The Morgan fingerprint density at radius 1 is 1.21 bits per heavy atom. The first-order valence-electron chi connectivity index (χ1n) is 10.3. The van der Waals surface area contributed by atoms with Gasteiger partial charge < -0.3 is 13.5 Å². The average molecular weight is 494 g/mol. The Balaban J connectivity index is 1.81. The average Bonchev–Trinajstić information content (AvgIpc) is 3.14. The predicted molar refractivity (Wildman–Crippen MR) is 114 cm³/mol. The molecule has 1 unspecified atom stereocenters. The number of ether oxygens (including phenoxy) is 1. The maximum Gasteiger partial charge on any atom is 0.534 e. The van der Waals surface area contributed by atoms with Crippen LogP contribution >= 0.6 is 0 Å². The molecule has 34 heavy (non-hydrogen) atoms. The van der Waals surface area contributed by atoms with E-state index in [1.807, 2.05) is 0 Å². The summed E-state index contributed by atoms with van der Waals surface area (Å²) in [7, 11) is -5.99. The number of pyridine rings is 2. The van der Waals surface area contributed by atoms with Gasteiger partial charge in [-0.05, 0) is 37.1 Å². The molecule has 178 valence electrons. The maximum atomic E-state index is 13.3. The first-order valence-corrected chi connectivity index (χ1v) is 11.7. The zero-order chi connectivity index (χ0) is 24.6. The fourth-order valence-corrected chi connectivity index (χ4v) is 4.91. The van der Waals surface area contributed by atoms with Crippen LogP contribution in [0.2, 0.25) is 0 Å². The standard InChI is InChI=1S/C22H17F3N2O6S/c1-3-21(2)14-8-16-17-12(9-27(16)19(28)13(14)10-32-20(21)29)18(33-34(30,31)22(23,24)25)11-6-4-5-7-15(11)26-17/h4-8H,3,9-10H2,1-2H3. The Kier molecular flexibility index (Phi) is 4.64. The minimum absolute atomic E-state index is 0.0245. The van der Waals surface area contributed by atoms with Crippen molar-refractivity contribution in [3.8, 4) is 17.1 Å². The van der Waals surface area contributed by atoms with Crippen molar-refractivity contribution < 1.29 is 35.3 Å². The number of halogens is 3. The van der Waals surface area contributed by atoms with Crippen molar-refractivity contribution in [3.63, 3.8) is 0 Å². The Bertz CT molecular complexity index is 1560. The largest absolute Gasteiger partial charge is 0.534 e. The number of hydrogen-bond donors (Lipinski definition) is 0. The molecule has 1 atom stereocenters. The molecule has 0 amide bonds. The lowest BCUT2D eigenvalue weighted by Gasteiger charge is -2.33. The summed E-state index contributed by atoms with van der Waals surface area (Å²) in [6, 6.07) is 7.59. The molecule has 1 aromatic carbocycles. The van der Waals surface area contributed by atoms with E-state index in [0.29, 0.717) is 12.0 Å². The number of para-hydroxylation sites is 1. The van der Waals surface area contributed by atoms with Crippen LogP contribution in [-0.2, 0) is 38.2 Å². The molecule has 0 N–H and O–H groups in total. The number of carbonyl (C=O) groups excluding carboxylic acids is 1. The van der Waals surface area contributed by atoms with Gasteiger partial charge in [-0.2, -0.15) is 21.6 Å². The summed E-state index contributed by atoms with van der Waals surface area (Å²) in [4.78, 5) is 30.3. The van der Waals surface area contributed by atoms with Crippen LogP contribution in [-0.4, -0.2) is 29.4 Å². The summed E-state index contributed by atoms with van der Waals surface area (Å²) in [5.41, 5.74) is -5.94. The molecule has 0 radical (unpaired) electrons. The van der Waals surface area contributed by atoms with E-state index in [4.69, 9.17) is 4.74 Å². The molecule has 8 nitrogen and oxygen atoms in total. The molecular formula is C22H17F3N2O6S. The van der Waals surface area contributed by atoms with Crippen molar-refractivity contribution in [2.75, 3.05) is 0 Å². The number of fused-ring (bicyclic) bond motifs is 5. The highest BCUT2D eigenvalue weighted by atomic mass is 32.2. The SMILES string of the molecule is CCC1(C)C(=O)OCc2c1cc1n(c2=O)Cc2c-1nc1ccccc1c2OS(=O)(=O)C(F)(F)F. The minimum Gasteiger partial charge on any atom is -0.460 e. The van der Waals surface area contributed by atoms with Crippen LogP contribution in [0.3, 0.4) is 0 Å². The van der Waals surface area contributed by atoms with Crippen LogP contribution < -0.4 is 9.74 Å². The Morgan fingerprint density at radius 2 is 1.91 bits per heavy atom. The highest BCUT2D eigenvalue weighted by molar-refractivity contribution is 7.88. The molecule has 3 aromatic rings. The van der Waals surface area contributed by atoms with E-state index in [-0.39, 0.29) is 46.6 Å². The van der Waals surface area contributed by atoms with Crippen LogP contribution in [0.25, 0.3) is 22.3 Å². The molecule has 12 heteroatoms. The van der Waals surface area contributed by atoms with Gasteiger partial charge in [-0.3, -0.25) is 9.59 Å². The number of aromatic nitrogens is 2. The van der Waals surface area contributed by atoms with Crippen molar-refractivity contribution in [1.82, 2.24) is 9.55 Å². The van der Waals surface area contributed by atoms with Crippen LogP contribution in [0.4, 0.5) is 13.2 Å². The third-order valence-corrected chi connectivity index (χ3v) is 7.43. The lowest BCUT2D eigenvalue weighted by molar-refractivity contribution is -0.153. The van der Waals surface area contributed by atoms with Gasteiger partial charge in [-0.25, -0.2) is 4.98 Å². The van der Waals surface area contributed by atoms with Gasteiger partial charge in [0.05, 0.1) is 34.4 Å². The van der Waals surface area contributed by atoms with Gasteiger partial charge in [0.15, 0.2) is 5.75 Å². The summed E-state index contributed by atoms with van der Waals surface area (Å²) >= 11 is 0. The van der Waals surface area contributed by atoms with Gasteiger partial charge in [-0.1, -0.05) is 19.1 Å². The normalized spacial score (nSPS) is 19.4. The quantitative estimate of drug-likeness (QED) is 0.244. The van der Waals surface area contributed by atoms with Crippen LogP contribution in [0.15, 0.2) is 35.1 Å². The lowest BCUT2D eigenvalue weighted by atomic mass is 9.76. The van der Waals surface area contributed by atoms with E-state index < -0.39 is 38.3 Å². The molecule has 0 saturated heterocycles. The van der Waals surface area contributed by atoms with E-state index >= 15 is 0 Å². The first-order chi connectivity index (χ1) is 15.9. The van der Waals surface area contributed by atoms with Gasteiger partial charge in [0.2, 0.25) is 0 Å². The smallest absolute Gasteiger partial charge is 0.460 e. The highest BCUT2D eigenvalue weighted by Crippen LogP contribution is 2.44. The number of rotatable bonds is 3. The zero-order valence-corrected chi connectivity index (χ0v) is 18.7. The fraction of sp³-hybridized carbons (Fsp3) is 0.318. The van der Waals surface area contributed by atoms with Crippen LogP contribution in [0, 0.1) is 0 Å². The molecule has 0 spiro atoms. The Hall–Kier alpha value is -3.41. The summed E-state index contributed by atoms with van der Waals surface area (Å²) in [6.07, 6.45) is 0.345. The van der Waals surface area contributed by atoms with Crippen molar-refractivity contribution >= 4 is 27.0 Å². The minimum atomic E-state index is -5.99. The Morgan fingerprint density at radius 3 is 2.59 bits per heavy atom. The Labute approximate surface area is 191 Å². The number of alkyl halides is 3. The summed E-state index contributed by atoms with van der Waals surface area (Å²) in [6.45, 7) is 2.93. The van der Waals surface area contributed by atoms with E-state index in [0.717, 1.165) is 0 Å². The second kappa shape index (κ2) is 7.05. The predicted octanol–water partition coefficient (Wildman–Crippen LogP) is 3.38. The third kappa shape index (κ3) is 2.97. The van der Waals surface area contributed by atoms with Gasteiger partial charge in [0, 0.05) is 10.9 Å². The van der Waals surface area contributed by atoms with Crippen molar-refractivity contribution in [3.05, 3.63) is 57.4 Å². The van der Waals surface area contributed by atoms with Gasteiger partial charge in [0.25, 0.3) is 5.56 Å². The van der Waals surface area contributed by atoms with Gasteiger partial charge in [-0.15, -0.1) is 0 Å². The molecule has 2 aliphatic rings. The molecule has 2 aliphatic heterocycles. The fourth-order valence-electron chi connectivity index (χ4n) is 4.41. The monoisotopic (exact) mass is 494 g/mol. The van der Waals surface area contributed by atoms with Crippen molar-refractivity contribution in [2.24, 2.45) is 0 Å². The van der Waals surface area contributed by atoms with Gasteiger partial charge in [0.1, 0.15) is 6.61 Å². The van der Waals surface area contributed by atoms with Crippen molar-refractivity contribution in [1.29, 1.82) is 0 Å². The van der Waals surface area contributed by atoms with Crippen LogP contribution in [0.1, 0.15) is 37.0 Å². The number of benzene rings is 1. The number of hydrogen-bond acceptors (Lipinski definition) is 7. The van der Waals surface area contributed by atoms with Crippen molar-refractivity contribution in [2.45, 2.75) is 44.3 Å².